The van der Waals surface area contributed by atoms with Crippen molar-refractivity contribution in [2.45, 2.75) is 13.2 Å². The van der Waals surface area contributed by atoms with Crippen LogP contribution >= 0.6 is 0 Å². The number of halogens is 1. The van der Waals surface area contributed by atoms with Crippen LogP contribution in [0.25, 0.3) is 22.4 Å². The molecule has 2 N–H and O–H groups in total. The molecule has 9 nitrogen and oxygen atoms in total. The SMILES string of the molecule is N#Cc1cc(-c2nc(N)nc3c2ncn3Cc2c(F)cccc2C(=O)OCc2ccccc2)ccn1. The first-order chi connectivity index (χ1) is 17.5. The second-order valence-electron chi connectivity index (χ2n) is 7.84. The van der Waals surface area contributed by atoms with Crippen molar-refractivity contribution >= 4 is 23.1 Å². The van der Waals surface area contributed by atoms with Gasteiger partial charge in [0.05, 0.1) is 18.4 Å². The maximum atomic E-state index is 14.9. The van der Waals surface area contributed by atoms with E-state index in [1.165, 1.54) is 30.7 Å². The summed E-state index contributed by atoms with van der Waals surface area (Å²) >= 11 is 0. The fourth-order valence-corrected chi connectivity index (χ4v) is 3.80. The van der Waals surface area contributed by atoms with Gasteiger partial charge in [0.15, 0.2) is 5.65 Å². The van der Waals surface area contributed by atoms with Crippen LogP contribution in [-0.4, -0.2) is 30.5 Å². The first-order valence-electron chi connectivity index (χ1n) is 10.9. The van der Waals surface area contributed by atoms with Crippen molar-refractivity contribution in [1.82, 2.24) is 24.5 Å². The van der Waals surface area contributed by atoms with Crippen LogP contribution in [-0.2, 0) is 17.9 Å². The number of aromatic nitrogens is 5. The van der Waals surface area contributed by atoms with Crippen molar-refractivity contribution < 1.29 is 13.9 Å². The molecule has 0 aliphatic rings. The van der Waals surface area contributed by atoms with Crippen molar-refractivity contribution in [1.29, 1.82) is 5.26 Å². The fraction of sp³-hybridized carbons (Fsp3) is 0.0769. The Kier molecular flexibility index (Phi) is 6.03. The lowest BCUT2D eigenvalue weighted by Gasteiger charge is -2.12. The molecule has 3 aromatic heterocycles. The van der Waals surface area contributed by atoms with E-state index >= 15 is 0 Å². The first-order valence-corrected chi connectivity index (χ1v) is 10.9. The number of nitrogens with zero attached hydrogens (tertiary/aromatic N) is 6. The van der Waals surface area contributed by atoms with Crippen molar-refractivity contribution in [2.75, 3.05) is 5.73 Å². The van der Waals surface area contributed by atoms with Gasteiger partial charge in [-0.3, -0.25) is 0 Å². The second-order valence-corrected chi connectivity index (χ2v) is 7.84. The predicted octanol–water partition coefficient (Wildman–Crippen LogP) is 3.89. The van der Waals surface area contributed by atoms with Gasteiger partial charge in [-0.1, -0.05) is 36.4 Å². The highest BCUT2D eigenvalue weighted by molar-refractivity contribution is 5.91. The van der Waals surface area contributed by atoms with Gasteiger partial charge >= 0.3 is 5.97 Å². The maximum absolute atomic E-state index is 14.9. The van der Waals surface area contributed by atoms with Gasteiger partial charge in [-0.25, -0.2) is 24.1 Å². The largest absolute Gasteiger partial charge is 0.457 e. The molecule has 0 unspecified atom stereocenters. The highest BCUT2D eigenvalue weighted by atomic mass is 19.1. The van der Waals surface area contributed by atoms with Gasteiger partial charge in [-0.05, 0) is 29.8 Å². The molecule has 0 saturated heterocycles. The summed E-state index contributed by atoms with van der Waals surface area (Å²) < 4.78 is 21.9. The lowest BCUT2D eigenvalue weighted by Crippen LogP contribution is -2.13. The molecule has 5 aromatic rings. The average Bonchev–Trinajstić information content (AvgIpc) is 3.30. The minimum absolute atomic E-state index is 0.0226. The molecule has 0 atom stereocenters. The van der Waals surface area contributed by atoms with Crippen LogP contribution in [0.3, 0.4) is 0 Å². The molecule has 0 fully saturated rings. The normalized spacial score (nSPS) is 10.8. The molecule has 36 heavy (non-hydrogen) atoms. The predicted molar refractivity (Wildman–Crippen MR) is 129 cm³/mol. The van der Waals surface area contributed by atoms with E-state index in [1.807, 2.05) is 36.4 Å². The second kappa shape index (κ2) is 9.60. The minimum atomic E-state index is -0.645. The molecule has 5 rings (SSSR count). The van der Waals surface area contributed by atoms with E-state index in [-0.39, 0.29) is 35.9 Å². The Balaban J connectivity index is 1.50. The number of pyridine rings is 1. The smallest absolute Gasteiger partial charge is 0.338 e. The summed E-state index contributed by atoms with van der Waals surface area (Å²) in [5.74, 6) is -1.24. The van der Waals surface area contributed by atoms with Crippen LogP contribution in [0.15, 0.2) is 73.2 Å². The summed E-state index contributed by atoms with van der Waals surface area (Å²) in [5.41, 5.74) is 8.97. The number of carbonyl (C=O) groups is 1. The number of anilines is 1. The molecular weight excluding hydrogens is 461 g/mol. The molecule has 0 bridgehead atoms. The Hall–Kier alpha value is -5.17. The van der Waals surface area contributed by atoms with Gasteiger partial charge in [-0.2, -0.15) is 10.2 Å². The molecule has 10 heteroatoms. The third-order valence-corrected chi connectivity index (χ3v) is 5.51. The number of benzene rings is 2. The molecule has 0 radical (unpaired) electrons. The van der Waals surface area contributed by atoms with Gasteiger partial charge < -0.3 is 15.0 Å². The lowest BCUT2D eigenvalue weighted by atomic mass is 10.1. The number of imidazole rings is 1. The molecule has 0 saturated carbocycles. The molecule has 3 heterocycles. The van der Waals surface area contributed by atoms with Crippen LogP contribution in [0.1, 0.15) is 27.2 Å². The van der Waals surface area contributed by atoms with Crippen LogP contribution in [0.5, 0.6) is 0 Å². The van der Waals surface area contributed by atoms with E-state index in [0.717, 1.165) is 5.56 Å². The van der Waals surface area contributed by atoms with Crippen molar-refractivity contribution in [3.8, 4) is 17.3 Å². The van der Waals surface area contributed by atoms with Gasteiger partial charge in [0.25, 0.3) is 0 Å². The lowest BCUT2D eigenvalue weighted by molar-refractivity contribution is 0.0470. The number of hydrogen-bond donors (Lipinski definition) is 1. The average molecular weight is 479 g/mol. The topological polar surface area (TPSA) is 133 Å². The number of rotatable bonds is 6. The number of nitrogen functional groups attached to an aromatic ring is 1. The molecule has 2 aromatic carbocycles. The Morgan fingerprint density at radius 1 is 1.08 bits per heavy atom. The van der Waals surface area contributed by atoms with E-state index in [0.29, 0.717) is 22.4 Å². The Morgan fingerprint density at radius 3 is 2.72 bits per heavy atom. The molecule has 0 spiro atoms. The zero-order valence-electron chi connectivity index (χ0n) is 18.8. The Labute approximate surface area is 204 Å². The molecule has 176 valence electrons. The molecule has 0 aliphatic carbocycles. The third kappa shape index (κ3) is 4.45. The highest BCUT2D eigenvalue weighted by Gasteiger charge is 2.20. The number of hydrogen-bond acceptors (Lipinski definition) is 8. The number of nitriles is 1. The van der Waals surface area contributed by atoms with Crippen molar-refractivity contribution in [2.24, 2.45) is 0 Å². The maximum Gasteiger partial charge on any atom is 0.338 e. The van der Waals surface area contributed by atoms with E-state index in [4.69, 9.17) is 10.5 Å². The summed E-state index contributed by atoms with van der Waals surface area (Å²) in [6, 6.07) is 18.7. The van der Waals surface area contributed by atoms with Gasteiger partial charge in [0.1, 0.15) is 35.4 Å². The molecular formula is C26H18FN7O2. The minimum Gasteiger partial charge on any atom is -0.457 e. The Morgan fingerprint density at radius 2 is 1.92 bits per heavy atom. The van der Waals surface area contributed by atoms with Crippen molar-refractivity contribution in [3.63, 3.8) is 0 Å². The summed E-state index contributed by atoms with van der Waals surface area (Å²) in [6.45, 7) is 0.0159. The monoisotopic (exact) mass is 479 g/mol. The quantitative estimate of drug-likeness (QED) is 0.363. The number of fused-ring (bicyclic) bond motifs is 1. The number of ether oxygens (including phenoxy) is 1. The zero-order chi connectivity index (χ0) is 25.1. The number of nitrogens with two attached hydrogens (primary N) is 1. The molecule has 0 aliphatic heterocycles. The fourth-order valence-electron chi connectivity index (χ4n) is 3.80. The highest BCUT2D eigenvalue weighted by Crippen LogP contribution is 2.27. The number of carbonyl (C=O) groups excluding carboxylic acids is 1. The zero-order valence-corrected chi connectivity index (χ0v) is 18.8. The van der Waals surface area contributed by atoms with Crippen LogP contribution in [0, 0.1) is 17.1 Å². The number of esters is 1. The van der Waals surface area contributed by atoms with E-state index in [9.17, 15) is 14.4 Å². The van der Waals surface area contributed by atoms with Gasteiger partial charge in [0, 0.05) is 17.3 Å². The van der Waals surface area contributed by atoms with Crippen LogP contribution < -0.4 is 5.73 Å². The van der Waals surface area contributed by atoms with Crippen LogP contribution in [0.4, 0.5) is 10.3 Å². The summed E-state index contributed by atoms with van der Waals surface area (Å²) in [6.07, 6.45) is 2.96. The van der Waals surface area contributed by atoms with E-state index < -0.39 is 11.8 Å². The summed E-state index contributed by atoms with van der Waals surface area (Å²) in [5, 5.41) is 9.18. The third-order valence-electron chi connectivity index (χ3n) is 5.51. The summed E-state index contributed by atoms with van der Waals surface area (Å²) in [7, 11) is 0. The van der Waals surface area contributed by atoms with Gasteiger partial charge in [-0.15, -0.1) is 0 Å². The van der Waals surface area contributed by atoms with Gasteiger partial charge in [0.2, 0.25) is 5.95 Å². The van der Waals surface area contributed by atoms with Crippen LogP contribution in [0.2, 0.25) is 0 Å². The Bertz CT molecular complexity index is 1630. The van der Waals surface area contributed by atoms with Crippen molar-refractivity contribution in [3.05, 3.63) is 101 Å². The molecule has 0 amide bonds. The standard InChI is InChI=1S/C26H18FN7O2/c27-21-8-4-7-19(25(35)36-14-16-5-2-1-3-6-16)20(21)13-34-15-31-23-22(32-26(29)33-24(23)34)17-9-10-30-18(11-17)12-28/h1-11,15H,13-14H2,(H2,29,32,33). The first kappa shape index (κ1) is 22.6. The van der Waals surface area contributed by atoms with E-state index in [2.05, 4.69) is 19.9 Å². The summed E-state index contributed by atoms with van der Waals surface area (Å²) in [4.78, 5) is 29.8. The van der Waals surface area contributed by atoms with E-state index in [1.54, 1.807) is 16.7 Å².